The Hall–Kier alpha value is -1.65. The monoisotopic (exact) mass is 373 g/mol. The first kappa shape index (κ1) is 19.7. The molecule has 1 fully saturated rings. The van der Waals surface area contributed by atoms with Crippen molar-refractivity contribution < 1.29 is 17.7 Å². The summed E-state index contributed by atoms with van der Waals surface area (Å²) in [6, 6.07) is 1.57. The maximum absolute atomic E-state index is 12.4. The van der Waals surface area contributed by atoms with Gasteiger partial charge in [-0.05, 0) is 13.3 Å². The quantitative estimate of drug-likeness (QED) is 0.392. The number of guanidine groups is 1. The third-order valence-electron chi connectivity index (χ3n) is 3.92. The van der Waals surface area contributed by atoms with Crippen LogP contribution in [0.15, 0.2) is 21.8 Å². The number of ether oxygens (including phenoxy) is 1. The second kappa shape index (κ2) is 9.73. The number of hydrogen-bond acceptors (Lipinski definition) is 6. The predicted molar refractivity (Wildman–Crippen MR) is 94.7 cm³/mol. The zero-order chi connectivity index (χ0) is 18.1. The molecule has 1 aromatic rings. The van der Waals surface area contributed by atoms with Crippen LogP contribution < -0.4 is 5.32 Å². The summed E-state index contributed by atoms with van der Waals surface area (Å²) in [6.45, 7) is 6.25. The average Bonchev–Trinajstić information content (AvgIpc) is 3.10. The SMILES string of the molecule is CCOCCCNC(=NC)N1CCN(S(=O)(=O)Cc2ccon2)CC1. The van der Waals surface area contributed by atoms with E-state index in [2.05, 4.69) is 20.4 Å². The Morgan fingerprint density at radius 1 is 1.40 bits per heavy atom. The van der Waals surface area contributed by atoms with Gasteiger partial charge in [0.15, 0.2) is 5.96 Å². The topological polar surface area (TPSA) is 100 Å². The molecule has 0 radical (unpaired) electrons. The van der Waals surface area contributed by atoms with Gasteiger partial charge in [-0.15, -0.1) is 0 Å². The van der Waals surface area contributed by atoms with Crippen LogP contribution in [0, 0.1) is 0 Å². The van der Waals surface area contributed by atoms with Crippen molar-refractivity contribution in [2.24, 2.45) is 4.99 Å². The Morgan fingerprint density at radius 3 is 2.76 bits per heavy atom. The van der Waals surface area contributed by atoms with Crippen LogP contribution in [0.4, 0.5) is 0 Å². The van der Waals surface area contributed by atoms with E-state index in [0.29, 0.717) is 38.5 Å². The van der Waals surface area contributed by atoms with Gasteiger partial charge in [0.25, 0.3) is 0 Å². The second-order valence-electron chi connectivity index (χ2n) is 5.66. The molecule has 1 aromatic heterocycles. The lowest BCUT2D eigenvalue weighted by molar-refractivity contribution is 0.145. The minimum absolute atomic E-state index is 0.131. The van der Waals surface area contributed by atoms with Gasteiger partial charge in [-0.3, -0.25) is 4.99 Å². The summed E-state index contributed by atoms with van der Waals surface area (Å²) in [5.74, 6) is 0.665. The maximum Gasteiger partial charge on any atom is 0.220 e. The standard InChI is InChI=1S/C15H27N5O4S/c1-3-23-11-4-6-17-15(16-2)19-7-9-20(10-8-19)25(21,22)13-14-5-12-24-18-14/h5,12H,3-4,6-11,13H2,1-2H3,(H,16,17). The summed E-state index contributed by atoms with van der Waals surface area (Å²) < 4.78 is 36.4. The molecular weight excluding hydrogens is 346 g/mol. The Kier molecular flexibility index (Phi) is 7.66. The second-order valence-corrected chi connectivity index (χ2v) is 7.63. The maximum atomic E-state index is 12.4. The normalized spacial score (nSPS) is 17.0. The number of sulfonamides is 1. The molecule has 2 rings (SSSR count). The van der Waals surface area contributed by atoms with E-state index in [-0.39, 0.29) is 5.75 Å². The first-order chi connectivity index (χ1) is 12.1. The van der Waals surface area contributed by atoms with Crippen LogP contribution in [0.5, 0.6) is 0 Å². The van der Waals surface area contributed by atoms with Crippen molar-refractivity contribution in [3.63, 3.8) is 0 Å². The van der Waals surface area contributed by atoms with Crippen molar-refractivity contribution in [2.75, 3.05) is 53.0 Å². The lowest BCUT2D eigenvalue weighted by atomic mass is 10.4. The van der Waals surface area contributed by atoms with E-state index in [1.807, 2.05) is 6.92 Å². The zero-order valence-corrected chi connectivity index (χ0v) is 15.7. The van der Waals surface area contributed by atoms with Crippen LogP contribution in [0.25, 0.3) is 0 Å². The minimum atomic E-state index is -3.38. The van der Waals surface area contributed by atoms with Crippen LogP contribution in [0.2, 0.25) is 0 Å². The van der Waals surface area contributed by atoms with E-state index in [9.17, 15) is 8.42 Å². The van der Waals surface area contributed by atoms with Crippen LogP contribution in [-0.4, -0.2) is 81.7 Å². The van der Waals surface area contributed by atoms with Crippen molar-refractivity contribution in [1.29, 1.82) is 0 Å². The molecule has 9 nitrogen and oxygen atoms in total. The molecule has 0 bridgehead atoms. The number of nitrogens with zero attached hydrogens (tertiary/aromatic N) is 4. The van der Waals surface area contributed by atoms with Crippen LogP contribution in [0.1, 0.15) is 19.0 Å². The third kappa shape index (κ3) is 5.98. The van der Waals surface area contributed by atoms with Crippen molar-refractivity contribution in [3.8, 4) is 0 Å². The number of aliphatic imine (C=N–C) groups is 1. The molecule has 0 unspecified atom stereocenters. The highest BCUT2D eigenvalue weighted by molar-refractivity contribution is 7.88. The van der Waals surface area contributed by atoms with Gasteiger partial charge < -0.3 is 19.5 Å². The van der Waals surface area contributed by atoms with Gasteiger partial charge in [0, 0.05) is 59.1 Å². The Balaban J connectivity index is 1.79. The fourth-order valence-corrected chi connectivity index (χ4v) is 4.04. The van der Waals surface area contributed by atoms with Crippen molar-refractivity contribution in [1.82, 2.24) is 19.7 Å². The molecule has 2 heterocycles. The van der Waals surface area contributed by atoms with Crippen LogP contribution in [0.3, 0.4) is 0 Å². The summed E-state index contributed by atoms with van der Waals surface area (Å²) in [5.41, 5.74) is 0.425. The molecule has 0 saturated carbocycles. The van der Waals surface area contributed by atoms with Gasteiger partial charge in [0.05, 0.1) is 5.69 Å². The Bertz CT molecular complexity index is 624. The molecule has 1 saturated heterocycles. The lowest BCUT2D eigenvalue weighted by Crippen LogP contribution is -2.54. The zero-order valence-electron chi connectivity index (χ0n) is 14.8. The predicted octanol–water partition coefficient (Wildman–Crippen LogP) is 0.124. The van der Waals surface area contributed by atoms with E-state index < -0.39 is 10.0 Å². The van der Waals surface area contributed by atoms with E-state index in [1.54, 1.807) is 13.1 Å². The van der Waals surface area contributed by atoms with E-state index in [1.165, 1.54) is 10.6 Å². The number of rotatable bonds is 8. The largest absolute Gasteiger partial charge is 0.382 e. The fraction of sp³-hybridized carbons (Fsp3) is 0.733. The summed E-state index contributed by atoms with van der Waals surface area (Å²) in [7, 11) is -1.65. The first-order valence-electron chi connectivity index (χ1n) is 8.47. The number of hydrogen-bond donors (Lipinski definition) is 1. The van der Waals surface area contributed by atoms with Gasteiger partial charge in [-0.1, -0.05) is 5.16 Å². The molecule has 0 aromatic carbocycles. The van der Waals surface area contributed by atoms with Gasteiger partial charge in [-0.25, -0.2) is 8.42 Å². The highest BCUT2D eigenvalue weighted by Crippen LogP contribution is 2.12. The van der Waals surface area contributed by atoms with Gasteiger partial charge >= 0.3 is 0 Å². The van der Waals surface area contributed by atoms with E-state index in [4.69, 9.17) is 9.26 Å². The van der Waals surface area contributed by atoms with Crippen LogP contribution in [-0.2, 0) is 20.5 Å². The first-order valence-corrected chi connectivity index (χ1v) is 10.1. The lowest BCUT2D eigenvalue weighted by Gasteiger charge is -2.35. The number of nitrogens with one attached hydrogen (secondary N) is 1. The van der Waals surface area contributed by atoms with E-state index in [0.717, 1.165) is 25.5 Å². The molecule has 0 atom stereocenters. The number of aromatic nitrogens is 1. The van der Waals surface area contributed by atoms with Crippen molar-refractivity contribution >= 4 is 16.0 Å². The fourth-order valence-electron chi connectivity index (χ4n) is 2.62. The summed E-state index contributed by atoms with van der Waals surface area (Å²) in [5, 5.41) is 6.97. The highest BCUT2D eigenvalue weighted by atomic mass is 32.2. The third-order valence-corrected chi connectivity index (χ3v) is 5.73. The molecule has 0 spiro atoms. The highest BCUT2D eigenvalue weighted by Gasteiger charge is 2.28. The van der Waals surface area contributed by atoms with Crippen LogP contribution >= 0.6 is 0 Å². The molecule has 1 aliphatic rings. The summed E-state index contributed by atoms with van der Waals surface area (Å²) in [6.07, 6.45) is 2.28. The average molecular weight is 373 g/mol. The molecule has 0 aliphatic carbocycles. The summed E-state index contributed by atoms with van der Waals surface area (Å²) in [4.78, 5) is 6.35. The molecule has 10 heteroatoms. The molecular formula is C15H27N5O4S. The van der Waals surface area contributed by atoms with E-state index >= 15 is 0 Å². The van der Waals surface area contributed by atoms with Crippen molar-refractivity contribution in [2.45, 2.75) is 19.1 Å². The molecule has 1 aliphatic heterocycles. The molecule has 142 valence electrons. The van der Waals surface area contributed by atoms with Gasteiger partial charge in [-0.2, -0.15) is 4.31 Å². The Labute approximate surface area is 149 Å². The van der Waals surface area contributed by atoms with Gasteiger partial charge in [0.1, 0.15) is 12.0 Å². The van der Waals surface area contributed by atoms with Crippen molar-refractivity contribution in [3.05, 3.63) is 18.0 Å². The molecule has 0 amide bonds. The summed E-state index contributed by atoms with van der Waals surface area (Å²) >= 11 is 0. The minimum Gasteiger partial charge on any atom is -0.382 e. The Morgan fingerprint density at radius 2 is 2.16 bits per heavy atom. The van der Waals surface area contributed by atoms with Gasteiger partial charge in [0.2, 0.25) is 10.0 Å². The molecule has 25 heavy (non-hydrogen) atoms. The molecule has 1 N–H and O–H groups in total. The smallest absolute Gasteiger partial charge is 0.220 e. The number of piperazine rings is 1.